The number of anilines is 1. The molecule has 1 aliphatic rings. The molecule has 1 aliphatic heterocycles. The third kappa shape index (κ3) is 4.72. The Balaban J connectivity index is 1.30. The Kier molecular flexibility index (Phi) is 6.36. The molecule has 0 saturated carbocycles. The zero-order chi connectivity index (χ0) is 22.7. The lowest BCUT2D eigenvalue weighted by molar-refractivity contribution is 0.0930. The number of benzene rings is 1. The number of hydrogen-bond acceptors (Lipinski definition) is 6. The molecule has 1 fully saturated rings. The summed E-state index contributed by atoms with van der Waals surface area (Å²) >= 11 is 0. The van der Waals surface area contributed by atoms with Crippen molar-refractivity contribution >= 4 is 22.6 Å². The predicted octanol–water partition coefficient (Wildman–Crippen LogP) is 0.952. The van der Waals surface area contributed by atoms with E-state index in [-0.39, 0.29) is 28.7 Å². The first kappa shape index (κ1) is 21.8. The topological polar surface area (TPSA) is 103 Å². The van der Waals surface area contributed by atoms with Gasteiger partial charge in [-0.05, 0) is 37.6 Å². The molecule has 0 radical (unpaired) electrons. The number of aryl methyl sites for hydroxylation is 1. The molecule has 9 nitrogen and oxygen atoms in total. The molecule has 2 aromatic heterocycles. The molecule has 3 aromatic rings. The molecule has 0 spiro atoms. The number of H-pyrrole nitrogens is 1. The monoisotopic (exact) mass is 436 g/mol. The van der Waals surface area contributed by atoms with E-state index in [0.29, 0.717) is 0 Å². The highest BCUT2D eigenvalue weighted by Gasteiger charge is 2.19. The van der Waals surface area contributed by atoms with Gasteiger partial charge in [-0.3, -0.25) is 24.0 Å². The van der Waals surface area contributed by atoms with E-state index in [2.05, 4.69) is 49.4 Å². The van der Waals surface area contributed by atoms with E-state index in [1.54, 1.807) is 0 Å². The number of carbonyl (C=O) groups excluding carboxylic acids is 1. The van der Waals surface area contributed by atoms with Crippen LogP contribution in [0.15, 0.2) is 52.1 Å². The minimum atomic E-state index is -0.562. The Morgan fingerprint density at radius 3 is 2.53 bits per heavy atom. The maximum atomic E-state index is 12.7. The van der Waals surface area contributed by atoms with Gasteiger partial charge in [0.2, 0.25) is 0 Å². The van der Waals surface area contributed by atoms with Gasteiger partial charge in [0.1, 0.15) is 11.3 Å². The van der Waals surface area contributed by atoms with Crippen molar-refractivity contribution in [3.05, 3.63) is 69.0 Å². The molecule has 4 rings (SSSR count). The zero-order valence-corrected chi connectivity index (χ0v) is 18.4. The third-order valence-electron chi connectivity index (χ3n) is 5.94. The van der Waals surface area contributed by atoms with Crippen LogP contribution in [-0.2, 0) is 7.05 Å². The smallest absolute Gasteiger partial charge is 0.329 e. The first-order valence-electron chi connectivity index (χ1n) is 10.9. The van der Waals surface area contributed by atoms with E-state index < -0.39 is 11.2 Å². The van der Waals surface area contributed by atoms with Crippen LogP contribution < -0.4 is 21.5 Å². The molecular formula is C23H28N6O3. The second kappa shape index (κ2) is 9.35. The lowest BCUT2D eigenvalue weighted by atomic mass is 10.2. The van der Waals surface area contributed by atoms with E-state index in [0.717, 1.165) is 39.1 Å². The normalized spacial score (nSPS) is 15.6. The molecule has 1 amide bonds. The zero-order valence-electron chi connectivity index (χ0n) is 18.4. The van der Waals surface area contributed by atoms with Gasteiger partial charge in [0.15, 0.2) is 0 Å². The summed E-state index contributed by atoms with van der Waals surface area (Å²) in [5.74, 6) is -0.318. The number of aromatic nitrogens is 3. The Bertz CT molecular complexity index is 1210. The van der Waals surface area contributed by atoms with Crippen LogP contribution in [-0.4, -0.2) is 64.1 Å². The van der Waals surface area contributed by atoms with E-state index in [1.165, 1.54) is 29.4 Å². The van der Waals surface area contributed by atoms with Gasteiger partial charge in [0.25, 0.3) is 11.5 Å². The van der Waals surface area contributed by atoms with Crippen molar-refractivity contribution in [1.29, 1.82) is 0 Å². The van der Waals surface area contributed by atoms with Crippen LogP contribution in [0.2, 0.25) is 0 Å². The van der Waals surface area contributed by atoms with Crippen molar-refractivity contribution in [2.45, 2.75) is 19.4 Å². The van der Waals surface area contributed by atoms with Crippen LogP contribution in [0.1, 0.15) is 23.8 Å². The molecule has 1 saturated heterocycles. The number of hydrogen-bond donors (Lipinski definition) is 2. The molecular weight excluding hydrogens is 408 g/mol. The fourth-order valence-corrected chi connectivity index (χ4v) is 3.97. The number of para-hydroxylation sites is 1. The van der Waals surface area contributed by atoms with Crippen LogP contribution in [0.25, 0.3) is 11.0 Å². The quantitative estimate of drug-likeness (QED) is 0.597. The van der Waals surface area contributed by atoms with Crippen LogP contribution >= 0.6 is 0 Å². The van der Waals surface area contributed by atoms with Crippen LogP contribution in [0.5, 0.6) is 0 Å². The number of carbonyl (C=O) groups is 1. The standard InChI is InChI=1S/C23H28N6O3/c1-16(10-11-28-12-14-29(15-13-28)17-6-4-3-5-7-17)24-22(31)19-9-8-18-20(25-19)27(2)23(32)26-21(18)30/h3-9,16H,10-15H2,1-2H3,(H,24,31)(H,26,30,32)/t16-/m0/s1. The number of aromatic amines is 1. The Labute approximate surface area is 185 Å². The Hall–Kier alpha value is -3.46. The molecule has 0 bridgehead atoms. The fourth-order valence-electron chi connectivity index (χ4n) is 3.97. The van der Waals surface area contributed by atoms with Gasteiger partial charge in [0.05, 0.1) is 5.39 Å². The van der Waals surface area contributed by atoms with E-state index in [9.17, 15) is 14.4 Å². The first-order valence-corrected chi connectivity index (χ1v) is 10.9. The lowest BCUT2D eigenvalue weighted by Gasteiger charge is -2.36. The van der Waals surface area contributed by atoms with Gasteiger partial charge in [-0.25, -0.2) is 9.78 Å². The molecule has 32 heavy (non-hydrogen) atoms. The number of fused-ring (bicyclic) bond motifs is 1. The average molecular weight is 437 g/mol. The van der Waals surface area contributed by atoms with Crippen LogP contribution in [0, 0.1) is 0 Å². The second-order valence-corrected chi connectivity index (χ2v) is 8.21. The van der Waals surface area contributed by atoms with Crippen LogP contribution in [0.4, 0.5) is 5.69 Å². The average Bonchev–Trinajstić information content (AvgIpc) is 2.82. The number of rotatable bonds is 6. The largest absolute Gasteiger partial charge is 0.369 e. The third-order valence-corrected chi connectivity index (χ3v) is 5.94. The summed E-state index contributed by atoms with van der Waals surface area (Å²) in [5, 5.41) is 3.24. The van der Waals surface area contributed by atoms with Gasteiger partial charge in [-0.2, -0.15) is 0 Å². The highest BCUT2D eigenvalue weighted by molar-refractivity contribution is 5.94. The van der Waals surface area contributed by atoms with Crippen molar-refractivity contribution in [2.24, 2.45) is 7.05 Å². The van der Waals surface area contributed by atoms with Crippen LogP contribution in [0.3, 0.4) is 0 Å². The summed E-state index contributed by atoms with van der Waals surface area (Å²) in [7, 11) is 1.51. The van der Waals surface area contributed by atoms with Gasteiger partial charge in [0, 0.05) is 51.5 Å². The van der Waals surface area contributed by atoms with Crippen molar-refractivity contribution in [3.8, 4) is 0 Å². The number of amides is 1. The second-order valence-electron chi connectivity index (χ2n) is 8.21. The predicted molar refractivity (Wildman–Crippen MR) is 124 cm³/mol. The maximum absolute atomic E-state index is 12.7. The molecule has 2 N–H and O–H groups in total. The number of pyridine rings is 1. The molecule has 0 unspecified atom stereocenters. The summed E-state index contributed by atoms with van der Waals surface area (Å²) < 4.78 is 1.23. The summed E-state index contributed by atoms with van der Waals surface area (Å²) in [6.07, 6.45) is 0.822. The maximum Gasteiger partial charge on any atom is 0.329 e. The van der Waals surface area contributed by atoms with Gasteiger partial charge < -0.3 is 10.2 Å². The summed E-state index contributed by atoms with van der Waals surface area (Å²) in [6, 6.07) is 13.4. The van der Waals surface area contributed by atoms with Crippen molar-refractivity contribution in [3.63, 3.8) is 0 Å². The van der Waals surface area contributed by atoms with Crippen molar-refractivity contribution in [2.75, 3.05) is 37.6 Å². The summed E-state index contributed by atoms with van der Waals surface area (Å²) in [5.41, 5.74) is 0.559. The molecule has 9 heteroatoms. The minimum Gasteiger partial charge on any atom is -0.369 e. The Morgan fingerprint density at radius 1 is 1.09 bits per heavy atom. The minimum absolute atomic E-state index is 0.0323. The molecule has 3 heterocycles. The highest BCUT2D eigenvalue weighted by Crippen LogP contribution is 2.15. The van der Waals surface area contributed by atoms with Gasteiger partial charge in [-0.1, -0.05) is 18.2 Å². The van der Waals surface area contributed by atoms with E-state index >= 15 is 0 Å². The first-order chi connectivity index (χ1) is 15.4. The van der Waals surface area contributed by atoms with Gasteiger partial charge in [-0.15, -0.1) is 0 Å². The molecule has 0 aliphatic carbocycles. The van der Waals surface area contributed by atoms with E-state index in [4.69, 9.17) is 0 Å². The Morgan fingerprint density at radius 2 is 1.81 bits per heavy atom. The fraction of sp³-hybridized carbons (Fsp3) is 0.391. The number of piperazine rings is 1. The lowest BCUT2D eigenvalue weighted by Crippen LogP contribution is -2.47. The number of nitrogens with one attached hydrogen (secondary N) is 2. The molecule has 168 valence electrons. The summed E-state index contributed by atoms with van der Waals surface area (Å²) in [6.45, 7) is 6.83. The SMILES string of the molecule is C[C@@H](CCN1CCN(c2ccccc2)CC1)NC(=O)c1ccc2c(=O)[nH]c(=O)n(C)c2n1. The van der Waals surface area contributed by atoms with E-state index in [1.807, 2.05) is 13.0 Å². The van der Waals surface area contributed by atoms with Crippen molar-refractivity contribution in [1.82, 2.24) is 24.8 Å². The number of nitrogens with zero attached hydrogens (tertiary/aromatic N) is 4. The highest BCUT2D eigenvalue weighted by atomic mass is 16.2. The van der Waals surface area contributed by atoms with Crippen molar-refractivity contribution < 1.29 is 4.79 Å². The summed E-state index contributed by atoms with van der Waals surface area (Å²) in [4.78, 5) is 47.7. The van der Waals surface area contributed by atoms with Gasteiger partial charge >= 0.3 is 5.69 Å². The molecule has 1 aromatic carbocycles. The molecule has 1 atom stereocenters.